The molecule has 102 valence electrons. The van der Waals surface area contributed by atoms with Crippen LogP contribution in [0.25, 0.3) is 0 Å². The molecule has 3 rings (SSSR count). The van der Waals surface area contributed by atoms with Gasteiger partial charge >= 0.3 is 0 Å². The largest absolute Gasteiger partial charge is 0.300 e. The van der Waals surface area contributed by atoms with E-state index in [4.69, 9.17) is 11.6 Å². The Hall–Kier alpha value is -0.930. The number of hydrogen-bond acceptors (Lipinski definition) is 3. The Kier molecular flexibility index (Phi) is 3.59. The van der Waals surface area contributed by atoms with Gasteiger partial charge < -0.3 is 4.90 Å². The van der Waals surface area contributed by atoms with E-state index in [2.05, 4.69) is 16.9 Å². The van der Waals surface area contributed by atoms with Crippen LogP contribution in [0.15, 0.2) is 18.5 Å². The molecule has 4 heteroatoms. The number of halogens is 1. The zero-order valence-electron chi connectivity index (χ0n) is 11.2. The van der Waals surface area contributed by atoms with Gasteiger partial charge in [-0.05, 0) is 44.4 Å². The van der Waals surface area contributed by atoms with Gasteiger partial charge in [0.1, 0.15) is 5.78 Å². The summed E-state index contributed by atoms with van der Waals surface area (Å²) >= 11 is 6.08. The highest BCUT2D eigenvalue weighted by Gasteiger charge is 2.40. The van der Waals surface area contributed by atoms with Gasteiger partial charge in [-0.1, -0.05) is 11.6 Å². The number of Topliss-reactive ketones (excluding diaryl/α,β-unsaturated/α-hetero) is 1. The highest BCUT2D eigenvalue weighted by molar-refractivity contribution is 6.31. The molecule has 0 radical (unpaired) electrons. The van der Waals surface area contributed by atoms with Crippen molar-refractivity contribution in [2.24, 2.45) is 5.92 Å². The van der Waals surface area contributed by atoms with Crippen LogP contribution in [-0.2, 0) is 11.2 Å². The van der Waals surface area contributed by atoms with Gasteiger partial charge in [-0.15, -0.1) is 0 Å². The predicted octanol–water partition coefficient (Wildman–Crippen LogP) is 2.72. The Bertz CT molecular complexity index is 477. The molecule has 2 aliphatic rings. The van der Waals surface area contributed by atoms with Crippen molar-refractivity contribution in [3.05, 3.63) is 29.0 Å². The molecule has 3 heterocycles. The van der Waals surface area contributed by atoms with E-state index in [9.17, 15) is 4.79 Å². The molecule has 1 aromatic heterocycles. The summed E-state index contributed by atoms with van der Waals surface area (Å²) in [6.45, 7) is 0. The van der Waals surface area contributed by atoms with E-state index in [1.165, 1.54) is 12.8 Å². The molecular weight excluding hydrogens is 260 g/mol. The first-order valence-electron chi connectivity index (χ1n) is 6.98. The lowest BCUT2D eigenvalue weighted by atomic mass is 9.85. The summed E-state index contributed by atoms with van der Waals surface area (Å²) in [6.07, 6.45) is 8.31. The SMILES string of the molecule is CN1C2CCC1CC(C(=O)Cc1ccncc1Cl)C2. The van der Waals surface area contributed by atoms with Crippen LogP contribution in [0, 0.1) is 5.92 Å². The molecule has 0 spiro atoms. The topological polar surface area (TPSA) is 33.2 Å². The molecule has 2 saturated heterocycles. The minimum Gasteiger partial charge on any atom is -0.300 e. The highest BCUT2D eigenvalue weighted by atomic mass is 35.5. The van der Waals surface area contributed by atoms with E-state index in [1.807, 2.05) is 6.07 Å². The van der Waals surface area contributed by atoms with E-state index >= 15 is 0 Å². The second-order valence-electron chi connectivity index (χ2n) is 5.83. The average molecular weight is 279 g/mol. The number of hydrogen-bond donors (Lipinski definition) is 0. The Balaban J connectivity index is 1.67. The zero-order valence-corrected chi connectivity index (χ0v) is 11.9. The van der Waals surface area contributed by atoms with Gasteiger partial charge in [0.25, 0.3) is 0 Å². The number of piperidine rings is 1. The first-order chi connectivity index (χ1) is 9.15. The van der Waals surface area contributed by atoms with E-state index in [0.29, 0.717) is 29.3 Å². The maximum atomic E-state index is 12.4. The third-order valence-electron chi connectivity index (χ3n) is 4.77. The van der Waals surface area contributed by atoms with Crippen molar-refractivity contribution >= 4 is 17.4 Å². The summed E-state index contributed by atoms with van der Waals surface area (Å²) in [5, 5.41) is 0.603. The van der Waals surface area contributed by atoms with Crippen LogP contribution < -0.4 is 0 Å². The molecule has 2 aliphatic heterocycles. The highest BCUT2D eigenvalue weighted by Crippen LogP contribution is 2.38. The van der Waals surface area contributed by atoms with Crippen molar-refractivity contribution in [3.63, 3.8) is 0 Å². The predicted molar refractivity (Wildman–Crippen MR) is 75.3 cm³/mol. The van der Waals surface area contributed by atoms with E-state index in [0.717, 1.165) is 18.4 Å². The first-order valence-corrected chi connectivity index (χ1v) is 7.36. The smallest absolute Gasteiger partial charge is 0.140 e. The van der Waals surface area contributed by atoms with Gasteiger partial charge in [-0.25, -0.2) is 0 Å². The van der Waals surface area contributed by atoms with Crippen molar-refractivity contribution in [2.45, 2.75) is 44.2 Å². The van der Waals surface area contributed by atoms with Gasteiger partial charge in [-0.3, -0.25) is 9.78 Å². The summed E-state index contributed by atoms with van der Waals surface area (Å²) in [5.41, 5.74) is 0.910. The summed E-state index contributed by atoms with van der Waals surface area (Å²) in [4.78, 5) is 18.9. The molecule has 19 heavy (non-hydrogen) atoms. The Labute approximate surface area is 119 Å². The number of pyridine rings is 1. The number of aromatic nitrogens is 1. The molecule has 0 saturated carbocycles. The van der Waals surface area contributed by atoms with Gasteiger partial charge in [-0.2, -0.15) is 0 Å². The summed E-state index contributed by atoms with van der Waals surface area (Å²) in [5.74, 6) is 0.566. The third-order valence-corrected chi connectivity index (χ3v) is 5.12. The Morgan fingerprint density at radius 2 is 2.11 bits per heavy atom. The monoisotopic (exact) mass is 278 g/mol. The Morgan fingerprint density at radius 1 is 1.42 bits per heavy atom. The van der Waals surface area contributed by atoms with Crippen LogP contribution in [0.5, 0.6) is 0 Å². The van der Waals surface area contributed by atoms with Gasteiger partial charge in [0, 0.05) is 36.8 Å². The second-order valence-corrected chi connectivity index (χ2v) is 6.24. The number of ketones is 1. The van der Waals surface area contributed by atoms with Crippen LogP contribution in [0.3, 0.4) is 0 Å². The molecule has 0 aromatic carbocycles. The quantitative estimate of drug-likeness (QED) is 0.852. The first kappa shape index (κ1) is 13.1. The fourth-order valence-corrected chi connectivity index (χ4v) is 3.74. The summed E-state index contributed by atoms with van der Waals surface area (Å²) in [7, 11) is 2.20. The van der Waals surface area contributed by atoms with Crippen LogP contribution >= 0.6 is 11.6 Å². The second kappa shape index (κ2) is 5.22. The van der Waals surface area contributed by atoms with Crippen molar-refractivity contribution in [3.8, 4) is 0 Å². The molecule has 0 aliphatic carbocycles. The average Bonchev–Trinajstić information content (AvgIpc) is 2.64. The van der Waals surface area contributed by atoms with Crippen LogP contribution in [-0.4, -0.2) is 34.8 Å². The van der Waals surface area contributed by atoms with Gasteiger partial charge in [0.2, 0.25) is 0 Å². The Morgan fingerprint density at radius 3 is 2.74 bits per heavy atom. The molecular formula is C15H19ClN2O. The third kappa shape index (κ3) is 2.54. The maximum Gasteiger partial charge on any atom is 0.140 e. The fraction of sp³-hybridized carbons (Fsp3) is 0.600. The van der Waals surface area contributed by atoms with E-state index < -0.39 is 0 Å². The summed E-state index contributed by atoms with van der Waals surface area (Å²) in [6, 6.07) is 3.07. The maximum absolute atomic E-state index is 12.4. The van der Waals surface area contributed by atoms with Crippen molar-refractivity contribution in [2.75, 3.05) is 7.05 Å². The number of carbonyl (C=O) groups is 1. The molecule has 0 amide bonds. The standard InChI is InChI=1S/C15H19ClN2O/c1-18-12-2-3-13(18)7-11(6-12)15(19)8-10-4-5-17-9-14(10)16/h4-5,9,11-13H,2-3,6-8H2,1H3. The van der Waals surface area contributed by atoms with E-state index in [1.54, 1.807) is 12.4 Å². The molecule has 0 N–H and O–H groups in total. The number of carbonyl (C=O) groups excluding carboxylic acids is 1. The van der Waals surface area contributed by atoms with Gasteiger partial charge in [0.15, 0.2) is 0 Å². The molecule has 2 unspecified atom stereocenters. The molecule has 3 nitrogen and oxygen atoms in total. The van der Waals surface area contributed by atoms with E-state index in [-0.39, 0.29) is 5.92 Å². The minimum atomic E-state index is 0.220. The zero-order chi connectivity index (χ0) is 13.4. The van der Waals surface area contributed by atoms with Crippen LogP contribution in [0.1, 0.15) is 31.2 Å². The summed E-state index contributed by atoms with van der Waals surface area (Å²) < 4.78 is 0. The minimum absolute atomic E-state index is 0.220. The lowest BCUT2D eigenvalue weighted by molar-refractivity contribution is -0.124. The normalized spacial score (nSPS) is 30.5. The molecule has 1 aromatic rings. The van der Waals surface area contributed by atoms with Crippen molar-refractivity contribution in [1.82, 2.24) is 9.88 Å². The number of fused-ring (bicyclic) bond motifs is 2. The number of rotatable bonds is 3. The number of nitrogens with zero attached hydrogens (tertiary/aromatic N) is 2. The van der Waals surface area contributed by atoms with Crippen LogP contribution in [0.4, 0.5) is 0 Å². The lowest BCUT2D eigenvalue weighted by Crippen LogP contribution is -2.42. The van der Waals surface area contributed by atoms with Crippen LogP contribution in [0.2, 0.25) is 5.02 Å². The fourth-order valence-electron chi connectivity index (χ4n) is 3.55. The molecule has 2 fully saturated rings. The van der Waals surface area contributed by atoms with Crippen molar-refractivity contribution in [1.29, 1.82) is 0 Å². The van der Waals surface area contributed by atoms with Crippen molar-refractivity contribution < 1.29 is 4.79 Å². The van der Waals surface area contributed by atoms with Gasteiger partial charge in [0.05, 0.1) is 5.02 Å². The molecule has 2 bridgehead atoms. The molecule has 2 atom stereocenters. The lowest BCUT2D eigenvalue weighted by Gasteiger charge is -2.35.